The standard InChI is InChI=1S/C20H28N4O/c1-20(2,3)24-14-16(13-21-24)19(25)22(4)18-11-8-12-23(15-18)17-9-6-5-7-10-17/h5-7,9-10,13-14,18H,8,11-12,15H2,1-4H3/t18-/m1/s1. The molecule has 1 saturated heterocycles. The summed E-state index contributed by atoms with van der Waals surface area (Å²) in [4.78, 5) is 17.1. The number of aromatic nitrogens is 2. The fourth-order valence-electron chi connectivity index (χ4n) is 3.31. The topological polar surface area (TPSA) is 41.4 Å². The Labute approximate surface area is 150 Å². The first-order valence-electron chi connectivity index (χ1n) is 8.98. The van der Waals surface area contributed by atoms with E-state index in [0.717, 1.165) is 25.9 Å². The summed E-state index contributed by atoms with van der Waals surface area (Å²) in [6.07, 6.45) is 5.68. The van der Waals surface area contributed by atoms with Gasteiger partial charge in [0.1, 0.15) is 0 Å². The Morgan fingerprint density at radius 3 is 2.60 bits per heavy atom. The lowest BCUT2D eigenvalue weighted by Gasteiger charge is -2.38. The number of likely N-dealkylation sites (N-methyl/N-ethyl adjacent to an activating group) is 1. The maximum absolute atomic E-state index is 12.9. The van der Waals surface area contributed by atoms with E-state index in [1.807, 2.05) is 28.9 Å². The molecule has 1 aliphatic rings. The number of anilines is 1. The van der Waals surface area contributed by atoms with Crippen molar-refractivity contribution in [2.75, 3.05) is 25.0 Å². The maximum atomic E-state index is 12.9. The molecule has 0 unspecified atom stereocenters. The summed E-state index contributed by atoms with van der Waals surface area (Å²) in [5.41, 5.74) is 1.77. The van der Waals surface area contributed by atoms with E-state index in [1.165, 1.54) is 5.69 Å². The SMILES string of the molecule is CN(C(=O)c1cnn(C(C)(C)C)c1)[C@@H]1CCCN(c2ccccc2)C1. The molecule has 0 bridgehead atoms. The molecule has 1 amide bonds. The highest BCUT2D eigenvalue weighted by molar-refractivity contribution is 5.93. The van der Waals surface area contributed by atoms with Crippen LogP contribution in [0.1, 0.15) is 44.0 Å². The fourth-order valence-corrected chi connectivity index (χ4v) is 3.31. The summed E-state index contributed by atoms with van der Waals surface area (Å²) in [6, 6.07) is 10.7. The normalized spacial score (nSPS) is 18.2. The van der Waals surface area contributed by atoms with Gasteiger partial charge in [-0.05, 0) is 45.7 Å². The lowest BCUT2D eigenvalue weighted by atomic mass is 10.0. The molecule has 1 aromatic carbocycles. The lowest BCUT2D eigenvalue weighted by Crippen LogP contribution is -2.48. The summed E-state index contributed by atoms with van der Waals surface area (Å²) in [5, 5.41) is 4.36. The molecule has 1 fully saturated rings. The third-order valence-electron chi connectivity index (χ3n) is 4.90. The maximum Gasteiger partial charge on any atom is 0.257 e. The number of rotatable bonds is 3. The highest BCUT2D eigenvalue weighted by Crippen LogP contribution is 2.23. The van der Waals surface area contributed by atoms with Gasteiger partial charge in [0, 0.05) is 38.1 Å². The quantitative estimate of drug-likeness (QED) is 0.860. The zero-order valence-electron chi connectivity index (χ0n) is 15.6. The molecule has 5 nitrogen and oxygen atoms in total. The van der Waals surface area contributed by atoms with E-state index in [2.05, 4.69) is 55.0 Å². The molecule has 1 aliphatic heterocycles. The van der Waals surface area contributed by atoms with E-state index in [-0.39, 0.29) is 17.5 Å². The van der Waals surface area contributed by atoms with Crippen LogP contribution < -0.4 is 4.90 Å². The molecule has 0 spiro atoms. The van der Waals surface area contributed by atoms with Crippen LogP contribution in [0.15, 0.2) is 42.7 Å². The van der Waals surface area contributed by atoms with Crippen LogP contribution in [0.25, 0.3) is 0 Å². The van der Waals surface area contributed by atoms with Crippen molar-refractivity contribution in [3.8, 4) is 0 Å². The molecule has 3 rings (SSSR count). The van der Waals surface area contributed by atoms with E-state index in [1.54, 1.807) is 6.20 Å². The lowest BCUT2D eigenvalue weighted by molar-refractivity contribution is 0.0717. The van der Waals surface area contributed by atoms with E-state index >= 15 is 0 Å². The molecule has 2 heterocycles. The van der Waals surface area contributed by atoms with Crippen LogP contribution in [0, 0.1) is 0 Å². The van der Waals surface area contributed by atoms with E-state index in [0.29, 0.717) is 5.56 Å². The Bertz CT molecular complexity index is 717. The van der Waals surface area contributed by atoms with Crippen molar-refractivity contribution < 1.29 is 4.79 Å². The van der Waals surface area contributed by atoms with Gasteiger partial charge in [-0.25, -0.2) is 0 Å². The second-order valence-electron chi connectivity index (χ2n) is 7.84. The number of carbonyl (C=O) groups is 1. The Hall–Kier alpha value is -2.30. The zero-order valence-corrected chi connectivity index (χ0v) is 15.6. The van der Waals surface area contributed by atoms with Crippen molar-refractivity contribution in [2.45, 2.75) is 45.2 Å². The first kappa shape index (κ1) is 17.5. The second kappa shape index (κ2) is 6.90. The van der Waals surface area contributed by atoms with Crippen LogP contribution in [0.2, 0.25) is 0 Å². The van der Waals surface area contributed by atoms with Gasteiger partial charge in [-0.3, -0.25) is 9.48 Å². The molecule has 2 aromatic rings. The van der Waals surface area contributed by atoms with Gasteiger partial charge >= 0.3 is 0 Å². The summed E-state index contributed by atoms with van der Waals surface area (Å²) >= 11 is 0. The number of nitrogens with zero attached hydrogens (tertiary/aromatic N) is 4. The van der Waals surface area contributed by atoms with Gasteiger partial charge in [-0.15, -0.1) is 0 Å². The molecule has 25 heavy (non-hydrogen) atoms. The minimum absolute atomic E-state index is 0.0513. The Morgan fingerprint density at radius 2 is 1.96 bits per heavy atom. The highest BCUT2D eigenvalue weighted by atomic mass is 16.2. The molecular weight excluding hydrogens is 312 g/mol. The summed E-state index contributed by atoms with van der Waals surface area (Å²) < 4.78 is 1.85. The minimum atomic E-state index is -0.119. The molecule has 0 aliphatic carbocycles. The van der Waals surface area contributed by atoms with E-state index < -0.39 is 0 Å². The number of hydrogen-bond acceptors (Lipinski definition) is 3. The summed E-state index contributed by atoms with van der Waals surface area (Å²) in [6.45, 7) is 8.16. The van der Waals surface area contributed by atoms with Crippen molar-refractivity contribution in [2.24, 2.45) is 0 Å². The molecule has 0 radical (unpaired) electrons. The smallest absolute Gasteiger partial charge is 0.257 e. The van der Waals surface area contributed by atoms with E-state index in [4.69, 9.17) is 0 Å². The van der Waals surface area contributed by atoms with Crippen molar-refractivity contribution in [3.05, 3.63) is 48.3 Å². The van der Waals surface area contributed by atoms with Crippen LogP contribution in [0.4, 0.5) is 5.69 Å². The van der Waals surface area contributed by atoms with Crippen molar-refractivity contribution in [1.82, 2.24) is 14.7 Å². The molecule has 134 valence electrons. The van der Waals surface area contributed by atoms with Crippen molar-refractivity contribution in [3.63, 3.8) is 0 Å². The summed E-state index contributed by atoms with van der Waals surface area (Å²) in [5.74, 6) is 0.0513. The number of benzene rings is 1. The Morgan fingerprint density at radius 1 is 1.24 bits per heavy atom. The third kappa shape index (κ3) is 3.86. The van der Waals surface area contributed by atoms with Gasteiger partial charge in [0.05, 0.1) is 17.3 Å². The molecular formula is C20H28N4O. The van der Waals surface area contributed by atoms with Crippen molar-refractivity contribution >= 4 is 11.6 Å². The number of hydrogen-bond donors (Lipinski definition) is 0. The Kier molecular flexibility index (Phi) is 4.84. The minimum Gasteiger partial charge on any atom is -0.369 e. The monoisotopic (exact) mass is 340 g/mol. The zero-order chi connectivity index (χ0) is 18.0. The van der Waals surface area contributed by atoms with Crippen LogP contribution >= 0.6 is 0 Å². The van der Waals surface area contributed by atoms with Gasteiger partial charge in [0.2, 0.25) is 0 Å². The number of carbonyl (C=O) groups excluding carboxylic acids is 1. The summed E-state index contributed by atoms with van der Waals surface area (Å²) in [7, 11) is 1.91. The molecule has 1 atom stereocenters. The Balaban J connectivity index is 1.70. The largest absolute Gasteiger partial charge is 0.369 e. The molecule has 1 aromatic heterocycles. The molecule has 0 saturated carbocycles. The van der Waals surface area contributed by atoms with Gasteiger partial charge in [-0.2, -0.15) is 5.10 Å². The molecule has 0 N–H and O–H groups in total. The number of amides is 1. The average Bonchev–Trinajstić information content (AvgIpc) is 3.12. The van der Waals surface area contributed by atoms with Crippen LogP contribution in [0.3, 0.4) is 0 Å². The number of para-hydroxylation sites is 1. The van der Waals surface area contributed by atoms with E-state index in [9.17, 15) is 4.79 Å². The first-order valence-corrected chi connectivity index (χ1v) is 8.98. The van der Waals surface area contributed by atoms with Crippen LogP contribution in [0.5, 0.6) is 0 Å². The highest BCUT2D eigenvalue weighted by Gasteiger charge is 2.28. The predicted octanol–water partition coefficient (Wildman–Crippen LogP) is 3.38. The number of piperidine rings is 1. The van der Waals surface area contributed by atoms with Gasteiger partial charge < -0.3 is 9.80 Å². The van der Waals surface area contributed by atoms with Gasteiger partial charge in [-0.1, -0.05) is 18.2 Å². The fraction of sp³-hybridized carbons (Fsp3) is 0.500. The van der Waals surface area contributed by atoms with Crippen LogP contribution in [-0.2, 0) is 5.54 Å². The van der Waals surface area contributed by atoms with Gasteiger partial charge in [0.15, 0.2) is 0 Å². The second-order valence-corrected chi connectivity index (χ2v) is 7.84. The van der Waals surface area contributed by atoms with Crippen LogP contribution in [-0.4, -0.2) is 46.8 Å². The van der Waals surface area contributed by atoms with Gasteiger partial charge in [0.25, 0.3) is 5.91 Å². The average molecular weight is 340 g/mol. The third-order valence-corrected chi connectivity index (χ3v) is 4.90. The van der Waals surface area contributed by atoms with Crippen molar-refractivity contribution in [1.29, 1.82) is 0 Å². The molecule has 5 heteroatoms. The predicted molar refractivity (Wildman–Crippen MR) is 101 cm³/mol. The first-order chi connectivity index (χ1) is 11.9.